The number of para-hydroxylation sites is 2. The Morgan fingerprint density at radius 3 is 2.50 bits per heavy atom. The standard InChI is InChI=1S/C19H19ClF3N3OS/c20-14-4-3-5-15(21)13(14)12-25-8-10-26(11-9-25)19(28)24-16-6-1-2-7-17(16)27-18(22)23/h1-7,18H,8-12H2,(H,24,28). The van der Waals surface area contributed by atoms with Gasteiger partial charge in [0.1, 0.15) is 11.6 Å². The highest BCUT2D eigenvalue weighted by atomic mass is 35.5. The van der Waals surface area contributed by atoms with Gasteiger partial charge in [0.2, 0.25) is 0 Å². The predicted molar refractivity (Wildman–Crippen MR) is 108 cm³/mol. The number of benzene rings is 2. The molecule has 0 aliphatic carbocycles. The molecule has 0 amide bonds. The summed E-state index contributed by atoms with van der Waals surface area (Å²) in [5.41, 5.74) is 0.866. The van der Waals surface area contributed by atoms with Crippen LogP contribution < -0.4 is 10.1 Å². The quantitative estimate of drug-likeness (QED) is 0.701. The zero-order chi connectivity index (χ0) is 20.1. The minimum absolute atomic E-state index is 0.0349. The van der Waals surface area contributed by atoms with E-state index in [0.717, 1.165) is 0 Å². The van der Waals surface area contributed by atoms with Gasteiger partial charge in [0, 0.05) is 43.3 Å². The van der Waals surface area contributed by atoms with E-state index >= 15 is 0 Å². The van der Waals surface area contributed by atoms with E-state index in [0.29, 0.717) is 54.1 Å². The second-order valence-electron chi connectivity index (χ2n) is 6.27. The number of rotatable bonds is 5. The largest absolute Gasteiger partial charge is 0.433 e. The van der Waals surface area contributed by atoms with Gasteiger partial charge in [-0.3, -0.25) is 4.90 Å². The lowest BCUT2D eigenvalue weighted by Gasteiger charge is -2.36. The van der Waals surface area contributed by atoms with Gasteiger partial charge in [0.15, 0.2) is 5.11 Å². The molecule has 0 radical (unpaired) electrons. The van der Waals surface area contributed by atoms with Gasteiger partial charge in [-0.05, 0) is 36.5 Å². The molecule has 1 fully saturated rings. The van der Waals surface area contributed by atoms with Gasteiger partial charge >= 0.3 is 6.61 Å². The maximum Gasteiger partial charge on any atom is 0.387 e. The average molecular weight is 430 g/mol. The van der Waals surface area contributed by atoms with Crippen LogP contribution in [0.15, 0.2) is 42.5 Å². The molecule has 9 heteroatoms. The number of halogens is 4. The van der Waals surface area contributed by atoms with Crippen molar-refractivity contribution in [2.75, 3.05) is 31.5 Å². The van der Waals surface area contributed by atoms with Crippen molar-refractivity contribution in [1.29, 1.82) is 0 Å². The van der Waals surface area contributed by atoms with E-state index in [-0.39, 0.29) is 11.6 Å². The molecule has 150 valence electrons. The van der Waals surface area contributed by atoms with E-state index in [4.69, 9.17) is 23.8 Å². The van der Waals surface area contributed by atoms with Crippen LogP contribution in [0.25, 0.3) is 0 Å². The molecule has 2 aromatic carbocycles. The van der Waals surface area contributed by atoms with E-state index < -0.39 is 6.61 Å². The van der Waals surface area contributed by atoms with Crippen molar-refractivity contribution in [3.63, 3.8) is 0 Å². The maximum absolute atomic E-state index is 14.0. The SMILES string of the molecule is Fc1cccc(Cl)c1CN1CCN(C(=S)Nc2ccccc2OC(F)F)CC1. The number of anilines is 1. The maximum atomic E-state index is 14.0. The fourth-order valence-electron chi connectivity index (χ4n) is 2.98. The number of ether oxygens (including phenoxy) is 1. The lowest BCUT2D eigenvalue weighted by atomic mass is 10.2. The Kier molecular flexibility index (Phi) is 6.98. The van der Waals surface area contributed by atoms with Gasteiger partial charge in [0.25, 0.3) is 0 Å². The van der Waals surface area contributed by atoms with Gasteiger partial charge < -0.3 is 15.0 Å². The molecule has 0 saturated carbocycles. The number of nitrogens with one attached hydrogen (secondary N) is 1. The molecular formula is C19H19ClF3N3OS. The molecule has 0 atom stereocenters. The van der Waals surface area contributed by atoms with E-state index in [2.05, 4.69) is 15.0 Å². The van der Waals surface area contributed by atoms with Crippen LogP contribution >= 0.6 is 23.8 Å². The summed E-state index contributed by atoms with van der Waals surface area (Å²) in [6.45, 7) is 0.0877. The molecule has 0 unspecified atom stereocenters. The third kappa shape index (κ3) is 5.27. The van der Waals surface area contributed by atoms with Crippen LogP contribution in [0.5, 0.6) is 5.75 Å². The van der Waals surface area contributed by atoms with E-state index in [1.807, 2.05) is 4.90 Å². The monoisotopic (exact) mass is 429 g/mol. The van der Waals surface area contributed by atoms with Crippen molar-refractivity contribution in [2.24, 2.45) is 0 Å². The number of hydrogen-bond donors (Lipinski definition) is 1. The summed E-state index contributed by atoms with van der Waals surface area (Å²) in [5, 5.41) is 3.80. The van der Waals surface area contributed by atoms with Crippen LogP contribution in [0, 0.1) is 5.82 Å². The second-order valence-corrected chi connectivity index (χ2v) is 7.06. The summed E-state index contributed by atoms with van der Waals surface area (Å²) in [4.78, 5) is 4.03. The third-order valence-electron chi connectivity index (χ3n) is 4.45. The lowest BCUT2D eigenvalue weighted by molar-refractivity contribution is -0.0493. The van der Waals surface area contributed by atoms with E-state index in [1.165, 1.54) is 12.1 Å². The Hall–Kier alpha value is -2.03. The first-order valence-corrected chi connectivity index (χ1v) is 9.47. The van der Waals surface area contributed by atoms with Crippen LogP contribution in [-0.4, -0.2) is 47.7 Å². The Morgan fingerprint density at radius 2 is 1.82 bits per heavy atom. The molecular weight excluding hydrogens is 411 g/mol. The molecule has 1 aliphatic heterocycles. The van der Waals surface area contributed by atoms with Crippen molar-refractivity contribution >= 4 is 34.6 Å². The average Bonchev–Trinajstić information content (AvgIpc) is 2.66. The zero-order valence-corrected chi connectivity index (χ0v) is 16.4. The molecule has 1 heterocycles. The summed E-state index contributed by atoms with van der Waals surface area (Å²) >= 11 is 11.5. The van der Waals surface area contributed by atoms with Crippen LogP contribution in [0.3, 0.4) is 0 Å². The van der Waals surface area contributed by atoms with Crippen molar-refractivity contribution in [2.45, 2.75) is 13.2 Å². The predicted octanol–water partition coefficient (Wildman–Crippen LogP) is 4.60. The fourth-order valence-corrected chi connectivity index (χ4v) is 3.49. The van der Waals surface area contributed by atoms with Crippen molar-refractivity contribution in [3.8, 4) is 5.75 Å². The number of hydrogen-bond acceptors (Lipinski definition) is 3. The molecule has 28 heavy (non-hydrogen) atoms. The number of alkyl halides is 2. The minimum atomic E-state index is -2.91. The van der Waals surface area contributed by atoms with Gasteiger partial charge in [-0.25, -0.2) is 4.39 Å². The Bertz CT molecular complexity index is 812. The summed E-state index contributed by atoms with van der Waals surface area (Å²) in [6.07, 6.45) is 0. The van der Waals surface area contributed by atoms with Crippen molar-refractivity contribution in [3.05, 3.63) is 58.9 Å². The van der Waals surface area contributed by atoms with Crippen LogP contribution in [0.4, 0.5) is 18.9 Å². The van der Waals surface area contributed by atoms with Gasteiger partial charge in [0.05, 0.1) is 5.69 Å². The van der Waals surface area contributed by atoms with Crippen molar-refractivity contribution < 1.29 is 17.9 Å². The summed E-state index contributed by atoms with van der Waals surface area (Å²) in [6, 6.07) is 11.0. The smallest absolute Gasteiger partial charge is 0.387 e. The Labute approximate surface area is 171 Å². The summed E-state index contributed by atoms with van der Waals surface area (Å²) in [7, 11) is 0. The van der Waals surface area contributed by atoms with Crippen LogP contribution in [0.2, 0.25) is 5.02 Å². The highest BCUT2D eigenvalue weighted by Crippen LogP contribution is 2.26. The highest BCUT2D eigenvalue weighted by Gasteiger charge is 2.21. The molecule has 4 nitrogen and oxygen atoms in total. The number of thiocarbonyl (C=S) groups is 1. The van der Waals surface area contributed by atoms with Gasteiger partial charge in [-0.2, -0.15) is 8.78 Å². The van der Waals surface area contributed by atoms with Crippen molar-refractivity contribution in [1.82, 2.24) is 9.80 Å². The molecule has 3 rings (SSSR count). The molecule has 1 saturated heterocycles. The molecule has 0 spiro atoms. The second kappa shape index (κ2) is 9.45. The Morgan fingerprint density at radius 1 is 1.11 bits per heavy atom. The topological polar surface area (TPSA) is 27.7 Å². The number of piperazine rings is 1. The fraction of sp³-hybridized carbons (Fsp3) is 0.316. The first kappa shape index (κ1) is 20.7. The van der Waals surface area contributed by atoms with Gasteiger partial charge in [-0.15, -0.1) is 0 Å². The summed E-state index contributed by atoms with van der Waals surface area (Å²) in [5.74, 6) is -0.282. The first-order chi connectivity index (χ1) is 13.4. The molecule has 0 aromatic heterocycles. The minimum Gasteiger partial charge on any atom is -0.433 e. The lowest BCUT2D eigenvalue weighted by Crippen LogP contribution is -2.49. The normalized spacial score (nSPS) is 15.0. The Balaban J connectivity index is 1.56. The number of nitrogens with zero attached hydrogens (tertiary/aromatic N) is 2. The van der Waals surface area contributed by atoms with E-state index in [9.17, 15) is 13.2 Å². The third-order valence-corrected chi connectivity index (χ3v) is 5.16. The molecule has 1 aliphatic rings. The molecule has 0 bridgehead atoms. The van der Waals surface area contributed by atoms with Gasteiger partial charge in [-0.1, -0.05) is 29.8 Å². The highest BCUT2D eigenvalue weighted by molar-refractivity contribution is 7.80. The molecule has 1 N–H and O–H groups in total. The van der Waals surface area contributed by atoms with Crippen LogP contribution in [0.1, 0.15) is 5.56 Å². The zero-order valence-electron chi connectivity index (χ0n) is 14.9. The first-order valence-electron chi connectivity index (χ1n) is 8.69. The van der Waals surface area contributed by atoms with Crippen LogP contribution in [-0.2, 0) is 6.54 Å². The molecule has 2 aromatic rings. The van der Waals surface area contributed by atoms with E-state index in [1.54, 1.807) is 30.3 Å². The summed E-state index contributed by atoms with van der Waals surface area (Å²) < 4.78 is 43.5.